The largest absolute Gasteiger partial charge is 0.492 e. The zero-order valence-corrected chi connectivity index (χ0v) is 16.1. The van der Waals surface area contributed by atoms with Gasteiger partial charge in [0.25, 0.3) is 5.91 Å². The fraction of sp³-hybridized carbons (Fsp3) is 0.381. The molecule has 2 aromatic rings. The van der Waals surface area contributed by atoms with E-state index in [4.69, 9.17) is 16.3 Å². The Kier molecular flexibility index (Phi) is 6.17. The number of carbonyl (C=O) groups excluding carboxylic acids is 1. The van der Waals surface area contributed by atoms with E-state index in [0.717, 1.165) is 49.3 Å². The van der Waals surface area contributed by atoms with Gasteiger partial charge in [-0.25, -0.2) is 0 Å². The van der Waals surface area contributed by atoms with Gasteiger partial charge in [0.2, 0.25) is 0 Å². The van der Waals surface area contributed by atoms with Crippen LogP contribution in [0.1, 0.15) is 23.7 Å². The molecular weight excluding hydrogens is 348 g/mol. The number of hydrogen-bond acceptors (Lipinski definition) is 3. The van der Waals surface area contributed by atoms with E-state index in [-0.39, 0.29) is 5.91 Å². The van der Waals surface area contributed by atoms with E-state index in [1.54, 1.807) is 0 Å². The molecule has 4 nitrogen and oxygen atoms in total. The van der Waals surface area contributed by atoms with Gasteiger partial charge in [0.15, 0.2) is 0 Å². The minimum absolute atomic E-state index is 0.103. The molecule has 0 aliphatic carbocycles. The second-order valence-electron chi connectivity index (χ2n) is 6.67. The van der Waals surface area contributed by atoms with Gasteiger partial charge in [-0.15, -0.1) is 0 Å². The highest BCUT2D eigenvalue weighted by atomic mass is 35.5. The molecule has 26 heavy (non-hydrogen) atoms. The van der Waals surface area contributed by atoms with Gasteiger partial charge in [0, 0.05) is 31.7 Å². The van der Waals surface area contributed by atoms with Crippen molar-refractivity contribution in [3.05, 3.63) is 53.1 Å². The van der Waals surface area contributed by atoms with Gasteiger partial charge in [0.1, 0.15) is 5.75 Å². The lowest BCUT2D eigenvalue weighted by Gasteiger charge is -2.32. The van der Waals surface area contributed by atoms with Crippen molar-refractivity contribution < 1.29 is 9.53 Å². The zero-order chi connectivity index (χ0) is 18.5. The molecule has 1 aliphatic rings. The molecule has 5 heteroatoms. The first-order valence-corrected chi connectivity index (χ1v) is 9.47. The summed E-state index contributed by atoms with van der Waals surface area (Å²) in [5.41, 5.74) is 2.77. The minimum Gasteiger partial charge on any atom is -0.492 e. The van der Waals surface area contributed by atoms with Crippen molar-refractivity contribution in [2.45, 2.75) is 13.3 Å². The van der Waals surface area contributed by atoms with E-state index in [1.165, 1.54) is 0 Å². The summed E-state index contributed by atoms with van der Waals surface area (Å²) >= 11 is 6.32. The molecule has 2 aromatic carbocycles. The molecule has 1 amide bonds. The number of likely N-dealkylation sites (N-methyl/N-ethyl adjacent to an activating group) is 1. The summed E-state index contributed by atoms with van der Waals surface area (Å²) in [5.74, 6) is 0.810. The van der Waals surface area contributed by atoms with Crippen LogP contribution in [0.5, 0.6) is 5.75 Å². The van der Waals surface area contributed by atoms with E-state index in [2.05, 4.69) is 18.9 Å². The number of amides is 1. The number of ether oxygens (including phenoxy) is 1. The molecule has 0 bridgehead atoms. The molecule has 0 unspecified atom stereocenters. The molecular formula is C21H25ClN2O2. The molecule has 0 spiro atoms. The topological polar surface area (TPSA) is 32.8 Å². The van der Waals surface area contributed by atoms with Crippen LogP contribution < -0.4 is 4.74 Å². The van der Waals surface area contributed by atoms with Crippen LogP contribution in [0.25, 0.3) is 11.1 Å². The van der Waals surface area contributed by atoms with Crippen molar-refractivity contribution in [3.63, 3.8) is 0 Å². The molecule has 1 heterocycles. The normalized spacial score (nSPS) is 15.1. The Morgan fingerprint density at radius 2 is 1.69 bits per heavy atom. The molecule has 1 fully saturated rings. The molecule has 0 radical (unpaired) electrons. The van der Waals surface area contributed by atoms with Crippen molar-refractivity contribution >= 4 is 17.5 Å². The number of halogens is 1. The predicted octanol–water partition coefficient (Wildman–Crippen LogP) is 4.18. The number of benzene rings is 2. The maximum Gasteiger partial charge on any atom is 0.253 e. The van der Waals surface area contributed by atoms with Gasteiger partial charge in [-0.05, 0) is 48.9 Å². The van der Waals surface area contributed by atoms with E-state index >= 15 is 0 Å². The van der Waals surface area contributed by atoms with E-state index in [9.17, 15) is 4.79 Å². The van der Waals surface area contributed by atoms with Crippen molar-refractivity contribution in [2.24, 2.45) is 0 Å². The highest BCUT2D eigenvalue weighted by molar-refractivity contribution is 6.32. The fourth-order valence-corrected chi connectivity index (χ4v) is 3.24. The molecule has 138 valence electrons. The van der Waals surface area contributed by atoms with Crippen LogP contribution in [0.2, 0.25) is 5.02 Å². The summed E-state index contributed by atoms with van der Waals surface area (Å²) in [6.07, 6.45) is 0.945. The summed E-state index contributed by atoms with van der Waals surface area (Å²) in [7, 11) is 2.08. The van der Waals surface area contributed by atoms with Gasteiger partial charge in [-0.1, -0.05) is 36.7 Å². The Balaban J connectivity index is 1.71. The average molecular weight is 373 g/mol. The van der Waals surface area contributed by atoms with E-state index in [1.807, 2.05) is 47.4 Å². The van der Waals surface area contributed by atoms with Crippen molar-refractivity contribution in [3.8, 4) is 16.9 Å². The minimum atomic E-state index is 0.103. The number of hydrogen-bond donors (Lipinski definition) is 0. The number of piperazine rings is 1. The van der Waals surface area contributed by atoms with Crippen LogP contribution >= 0.6 is 11.6 Å². The standard InChI is InChI=1S/C21H25ClN2O2/c1-3-14-26-20-9-8-18(15-19(20)22)16-4-6-17(7-5-16)21(25)24-12-10-23(2)11-13-24/h4-9,15H,3,10-14H2,1-2H3. The maximum absolute atomic E-state index is 12.6. The predicted molar refractivity (Wildman–Crippen MR) is 106 cm³/mol. The molecule has 0 aromatic heterocycles. The smallest absolute Gasteiger partial charge is 0.253 e. The molecule has 1 aliphatic heterocycles. The SMILES string of the molecule is CCCOc1ccc(-c2ccc(C(=O)N3CCN(C)CC3)cc2)cc1Cl. The lowest BCUT2D eigenvalue weighted by atomic mass is 10.0. The van der Waals surface area contributed by atoms with E-state index < -0.39 is 0 Å². The Bertz CT molecular complexity index is 753. The van der Waals surface area contributed by atoms with E-state index in [0.29, 0.717) is 17.4 Å². The van der Waals surface area contributed by atoms with Crippen LogP contribution in [-0.2, 0) is 0 Å². The Labute approximate surface area is 160 Å². The molecule has 0 atom stereocenters. The molecule has 0 N–H and O–H groups in total. The third-order valence-corrected chi connectivity index (χ3v) is 4.94. The first-order valence-electron chi connectivity index (χ1n) is 9.09. The van der Waals surface area contributed by atoms with Gasteiger partial charge >= 0.3 is 0 Å². The Morgan fingerprint density at radius 1 is 1.04 bits per heavy atom. The third kappa shape index (κ3) is 4.37. The molecule has 3 rings (SSSR count). The second-order valence-corrected chi connectivity index (χ2v) is 7.07. The lowest BCUT2D eigenvalue weighted by molar-refractivity contribution is 0.0664. The maximum atomic E-state index is 12.6. The summed E-state index contributed by atoms with van der Waals surface area (Å²) in [6.45, 7) is 6.14. The lowest BCUT2D eigenvalue weighted by Crippen LogP contribution is -2.47. The van der Waals surface area contributed by atoms with Gasteiger partial charge in [0.05, 0.1) is 11.6 Å². The van der Waals surface area contributed by atoms with Gasteiger partial charge in [-0.2, -0.15) is 0 Å². The van der Waals surface area contributed by atoms with Gasteiger partial charge in [-0.3, -0.25) is 4.79 Å². The van der Waals surface area contributed by atoms with Crippen LogP contribution in [0.3, 0.4) is 0 Å². The van der Waals surface area contributed by atoms with Gasteiger partial charge < -0.3 is 14.5 Å². The van der Waals surface area contributed by atoms with Crippen molar-refractivity contribution in [1.29, 1.82) is 0 Å². The summed E-state index contributed by atoms with van der Waals surface area (Å²) in [4.78, 5) is 16.8. The van der Waals surface area contributed by atoms with Crippen LogP contribution in [0, 0.1) is 0 Å². The monoisotopic (exact) mass is 372 g/mol. The highest BCUT2D eigenvalue weighted by Crippen LogP contribution is 2.30. The fourth-order valence-electron chi connectivity index (χ4n) is 3.01. The average Bonchev–Trinajstić information content (AvgIpc) is 2.67. The first-order chi connectivity index (χ1) is 12.6. The quantitative estimate of drug-likeness (QED) is 0.789. The summed E-state index contributed by atoms with van der Waals surface area (Å²) in [5, 5.41) is 0.605. The van der Waals surface area contributed by atoms with Crippen molar-refractivity contribution in [1.82, 2.24) is 9.80 Å². The number of nitrogens with zero attached hydrogens (tertiary/aromatic N) is 2. The van der Waals surface area contributed by atoms with Crippen molar-refractivity contribution in [2.75, 3.05) is 39.8 Å². The second kappa shape index (κ2) is 8.56. The number of carbonyl (C=O) groups is 1. The zero-order valence-electron chi connectivity index (χ0n) is 15.4. The molecule has 0 saturated carbocycles. The third-order valence-electron chi connectivity index (χ3n) is 4.65. The Morgan fingerprint density at radius 3 is 2.31 bits per heavy atom. The number of rotatable bonds is 5. The summed E-state index contributed by atoms with van der Waals surface area (Å²) in [6, 6.07) is 13.5. The Hall–Kier alpha value is -2.04. The summed E-state index contributed by atoms with van der Waals surface area (Å²) < 4.78 is 5.62. The van der Waals surface area contributed by atoms with Crippen LogP contribution in [-0.4, -0.2) is 55.5 Å². The van der Waals surface area contributed by atoms with Crippen LogP contribution in [0.15, 0.2) is 42.5 Å². The molecule has 1 saturated heterocycles. The van der Waals surface area contributed by atoms with Crippen LogP contribution in [0.4, 0.5) is 0 Å². The first kappa shape index (κ1) is 18.7. The highest BCUT2D eigenvalue weighted by Gasteiger charge is 2.20.